The van der Waals surface area contributed by atoms with Gasteiger partial charge in [0, 0.05) is 25.4 Å². The van der Waals surface area contributed by atoms with E-state index in [4.69, 9.17) is 9.47 Å². The van der Waals surface area contributed by atoms with Crippen molar-refractivity contribution < 1.29 is 14.6 Å². The molecule has 0 saturated carbocycles. The smallest absolute Gasteiger partial charge is 0.229 e. The van der Waals surface area contributed by atoms with E-state index in [1.54, 1.807) is 26.1 Å². The van der Waals surface area contributed by atoms with Crippen molar-refractivity contribution in [3.05, 3.63) is 46.6 Å². The number of aliphatic hydroxyl groups is 1. The Morgan fingerprint density at radius 3 is 2.62 bits per heavy atom. The summed E-state index contributed by atoms with van der Waals surface area (Å²) >= 11 is 0. The van der Waals surface area contributed by atoms with E-state index in [0.717, 1.165) is 18.7 Å². The number of benzene rings is 1. The molecule has 3 rings (SSSR count). The molecule has 1 aromatic carbocycles. The minimum Gasteiger partial charge on any atom is -0.474 e. The van der Waals surface area contributed by atoms with Crippen molar-refractivity contribution in [3.8, 4) is 5.88 Å². The third kappa shape index (κ3) is 6.51. The van der Waals surface area contributed by atoms with E-state index in [1.165, 1.54) is 11.1 Å². The van der Waals surface area contributed by atoms with Gasteiger partial charge in [-0.3, -0.25) is 4.99 Å². The van der Waals surface area contributed by atoms with Gasteiger partial charge in [-0.05, 0) is 44.4 Å². The monoisotopic (exact) mass is 398 g/mol. The highest BCUT2D eigenvalue weighted by Gasteiger charge is 2.18. The second kappa shape index (κ2) is 9.33. The van der Waals surface area contributed by atoms with Crippen LogP contribution in [0.3, 0.4) is 0 Å². The highest BCUT2D eigenvalue weighted by Crippen LogP contribution is 2.18. The van der Waals surface area contributed by atoms with Crippen LogP contribution in [-0.2, 0) is 11.3 Å². The number of anilines is 1. The predicted molar refractivity (Wildman–Crippen MR) is 114 cm³/mol. The number of aryl methyl sites for hydroxylation is 2. The molecule has 0 aliphatic carbocycles. The van der Waals surface area contributed by atoms with Crippen molar-refractivity contribution in [1.82, 2.24) is 9.97 Å². The molecule has 0 radical (unpaired) electrons. The SMILES string of the molecule is Cc1ccc(CN=Cc2cc(OCC(C)(C)O)nc(N3CCOCC3)n2)cc1C. The summed E-state index contributed by atoms with van der Waals surface area (Å²) < 4.78 is 11.1. The largest absolute Gasteiger partial charge is 0.474 e. The van der Waals surface area contributed by atoms with Gasteiger partial charge in [0.2, 0.25) is 11.8 Å². The molecule has 0 spiro atoms. The average Bonchev–Trinajstić information content (AvgIpc) is 2.69. The number of hydrogen-bond acceptors (Lipinski definition) is 7. The Morgan fingerprint density at radius 1 is 1.17 bits per heavy atom. The lowest BCUT2D eigenvalue weighted by molar-refractivity contribution is 0.0268. The van der Waals surface area contributed by atoms with Crippen LogP contribution in [0.4, 0.5) is 5.95 Å². The molecule has 0 bridgehead atoms. The normalized spacial score (nSPS) is 15.1. The van der Waals surface area contributed by atoms with Gasteiger partial charge in [-0.15, -0.1) is 0 Å². The van der Waals surface area contributed by atoms with Crippen molar-refractivity contribution in [2.75, 3.05) is 37.8 Å². The molecule has 156 valence electrons. The fourth-order valence-electron chi connectivity index (χ4n) is 2.87. The molecule has 1 aliphatic heterocycles. The van der Waals surface area contributed by atoms with Crippen LogP contribution in [-0.4, -0.2) is 59.8 Å². The summed E-state index contributed by atoms with van der Waals surface area (Å²) in [6.07, 6.45) is 1.75. The van der Waals surface area contributed by atoms with Gasteiger partial charge in [-0.25, -0.2) is 4.98 Å². The lowest BCUT2D eigenvalue weighted by Gasteiger charge is -2.27. The second-order valence-corrected chi connectivity index (χ2v) is 8.02. The first-order valence-electron chi connectivity index (χ1n) is 9.93. The maximum absolute atomic E-state index is 9.95. The molecule has 0 atom stereocenters. The van der Waals surface area contributed by atoms with Crippen LogP contribution in [0, 0.1) is 13.8 Å². The molecule has 2 aromatic rings. The van der Waals surface area contributed by atoms with Crippen molar-refractivity contribution in [2.45, 2.75) is 39.8 Å². The molecule has 7 nitrogen and oxygen atoms in total. The second-order valence-electron chi connectivity index (χ2n) is 8.02. The number of rotatable bonds is 7. The van der Waals surface area contributed by atoms with Crippen LogP contribution >= 0.6 is 0 Å². The Balaban J connectivity index is 1.78. The highest BCUT2D eigenvalue weighted by molar-refractivity contribution is 5.78. The summed E-state index contributed by atoms with van der Waals surface area (Å²) in [5.74, 6) is 1.02. The third-order valence-corrected chi connectivity index (χ3v) is 4.65. The fraction of sp³-hybridized carbons (Fsp3) is 0.500. The van der Waals surface area contributed by atoms with E-state index in [-0.39, 0.29) is 6.61 Å². The highest BCUT2D eigenvalue weighted by atomic mass is 16.5. The van der Waals surface area contributed by atoms with Crippen molar-refractivity contribution in [2.24, 2.45) is 4.99 Å². The maximum atomic E-state index is 9.95. The Kier molecular flexibility index (Phi) is 6.82. The van der Waals surface area contributed by atoms with Crippen molar-refractivity contribution in [3.63, 3.8) is 0 Å². The van der Waals surface area contributed by atoms with Gasteiger partial charge >= 0.3 is 0 Å². The molecular weight excluding hydrogens is 368 g/mol. The Morgan fingerprint density at radius 2 is 1.93 bits per heavy atom. The zero-order valence-electron chi connectivity index (χ0n) is 17.7. The van der Waals surface area contributed by atoms with Crippen LogP contribution in [0.1, 0.15) is 36.2 Å². The summed E-state index contributed by atoms with van der Waals surface area (Å²) in [4.78, 5) is 15.8. The summed E-state index contributed by atoms with van der Waals surface area (Å²) in [6, 6.07) is 8.12. The van der Waals surface area contributed by atoms with Crippen molar-refractivity contribution in [1.29, 1.82) is 0 Å². The number of hydrogen-bond donors (Lipinski definition) is 1. The van der Waals surface area contributed by atoms with E-state index in [0.29, 0.717) is 37.3 Å². The van der Waals surface area contributed by atoms with Gasteiger partial charge in [-0.1, -0.05) is 18.2 Å². The van der Waals surface area contributed by atoms with E-state index in [1.807, 2.05) is 0 Å². The molecule has 1 N–H and O–H groups in total. The maximum Gasteiger partial charge on any atom is 0.229 e. The van der Waals surface area contributed by atoms with Crippen LogP contribution in [0.2, 0.25) is 0 Å². The van der Waals surface area contributed by atoms with Gasteiger partial charge in [0.25, 0.3) is 0 Å². The molecule has 2 heterocycles. The molecule has 0 amide bonds. The summed E-state index contributed by atoms with van der Waals surface area (Å²) in [7, 11) is 0. The fourth-order valence-corrected chi connectivity index (χ4v) is 2.87. The predicted octanol–water partition coefficient (Wildman–Crippen LogP) is 2.70. The molecule has 0 unspecified atom stereocenters. The van der Waals surface area contributed by atoms with Gasteiger partial charge in [-0.2, -0.15) is 4.98 Å². The Hall–Kier alpha value is -2.51. The van der Waals surface area contributed by atoms with E-state index in [9.17, 15) is 5.11 Å². The first-order valence-corrected chi connectivity index (χ1v) is 9.93. The summed E-state index contributed by atoms with van der Waals surface area (Å²) in [5.41, 5.74) is 3.43. The van der Waals surface area contributed by atoms with E-state index < -0.39 is 5.60 Å². The zero-order chi connectivity index (χ0) is 20.9. The van der Waals surface area contributed by atoms with Crippen LogP contribution in [0.25, 0.3) is 0 Å². The number of nitrogens with zero attached hydrogens (tertiary/aromatic N) is 4. The van der Waals surface area contributed by atoms with Gasteiger partial charge in [0.05, 0.1) is 31.1 Å². The standard InChI is InChI=1S/C22H30N4O3/c1-16-5-6-18(11-17(16)2)13-23-14-19-12-20(29-15-22(3,4)27)25-21(24-19)26-7-9-28-10-8-26/h5-6,11-12,14,27H,7-10,13,15H2,1-4H3. The lowest BCUT2D eigenvalue weighted by atomic mass is 10.1. The molecule has 1 fully saturated rings. The molecule has 1 aliphatic rings. The summed E-state index contributed by atoms with van der Waals surface area (Å²) in [5, 5.41) is 9.95. The minimum absolute atomic E-state index is 0.145. The Labute approximate surface area is 172 Å². The minimum atomic E-state index is -0.943. The van der Waals surface area contributed by atoms with E-state index >= 15 is 0 Å². The number of aromatic nitrogens is 2. The van der Waals surface area contributed by atoms with Gasteiger partial charge in [0.1, 0.15) is 6.61 Å². The molecule has 29 heavy (non-hydrogen) atoms. The first-order chi connectivity index (χ1) is 13.8. The number of aliphatic imine (C=N–C) groups is 1. The van der Waals surface area contributed by atoms with Crippen LogP contribution in [0.5, 0.6) is 5.88 Å². The first kappa shape index (κ1) is 21.2. The van der Waals surface area contributed by atoms with Gasteiger partial charge < -0.3 is 19.5 Å². The van der Waals surface area contributed by atoms with Crippen LogP contribution < -0.4 is 9.64 Å². The molecule has 1 aromatic heterocycles. The lowest BCUT2D eigenvalue weighted by Crippen LogP contribution is -2.37. The molecule has 7 heteroatoms. The Bertz CT molecular complexity index is 856. The third-order valence-electron chi connectivity index (χ3n) is 4.65. The quantitative estimate of drug-likeness (QED) is 0.723. The number of ether oxygens (including phenoxy) is 2. The number of morpholine rings is 1. The topological polar surface area (TPSA) is 80.1 Å². The van der Waals surface area contributed by atoms with E-state index in [2.05, 4.69) is 51.9 Å². The summed E-state index contributed by atoms with van der Waals surface area (Å²) in [6.45, 7) is 11.1. The molecule has 1 saturated heterocycles. The van der Waals surface area contributed by atoms with Gasteiger partial charge in [0.15, 0.2) is 0 Å². The molecular formula is C22H30N4O3. The van der Waals surface area contributed by atoms with Crippen LogP contribution in [0.15, 0.2) is 29.3 Å². The zero-order valence-corrected chi connectivity index (χ0v) is 17.7. The average molecular weight is 399 g/mol. The van der Waals surface area contributed by atoms with Crippen molar-refractivity contribution >= 4 is 12.2 Å².